The number of esters is 1. The van der Waals surface area contributed by atoms with Crippen molar-refractivity contribution in [2.75, 3.05) is 12.4 Å². The molecule has 172 valence electrons. The van der Waals surface area contributed by atoms with Gasteiger partial charge in [-0.15, -0.1) is 0 Å². The molecule has 8 heteroatoms. The van der Waals surface area contributed by atoms with Crippen LogP contribution < -0.4 is 15.8 Å². The molecule has 3 N–H and O–H groups in total. The Morgan fingerprint density at radius 3 is 2.64 bits per heavy atom. The van der Waals surface area contributed by atoms with Crippen LogP contribution in [0.5, 0.6) is 5.88 Å². The van der Waals surface area contributed by atoms with Crippen LogP contribution in [0.4, 0.5) is 11.6 Å². The number of carbonyl (C=O) groups is 1. The van der Waals surface area contributed by atoms with Gasteiger partial charge in [0, 0.05) is 23.9 Å². The second-order valence-corrected chi connectivity index (χ2v) is 9.82. The summed E-state index contributed by atoms with van der Waals surface area (Å²) < 4.78 is 11.0. The van der Waals surface area contributed by atoms with E-state index in [4.69, 9.17) is 20.2 Å². The van der Waals surface area contributed by atoms with E-state index in [0.717, 1.165) is 34.9 Å². The van der Waals surface area contributed by atoms with Gasteiger partial charge in [-0.1, -0.05) is 6.92 Å². The van der Waals surface area contributed by atoms with E-state index in [2.05, 4.69) is 22.2 Å². The Balaban J connectivity index is 1.55. The molecule has 0 aromatic carbocycles. The van der Waals surface area contributed by atoms with E-state index in [1.165, 1.54) is 0 Å². The van der Waals surface area contributed by atoms with Crippen LogP contribution in [0.25, 0.3) is 10.8 Å². The quantitative estimate of drug-likeness (QED) is 0.553. The van der Waals surface area contributed by atoms with Gasteiger partial charge >= 0.3 is 5.97 Å². The summed E-state index contributed by atoms with van der Waals surface area (Å²) in [4.78, 5) is 26.2. The fraction of sp³-hybridized carbons (Fsp3) is 0.440. The van der Waals surface area contributed by atoms with Gasteiger partial charge in [0.05, 0.1) is 23.8 Å². The number of hydrogen-bond acceptors (Lipinski definition) is 8. The van der Waals surface area contributed by atoms with Crippen LogP contribution in [0.15, 0.2) is 30.6 Å². The zero-order valence-corrected chi connectivity index (χ0v) is 19.6. The van der Waals surface area contributed by atoms with Gasteiger partial charge < -0.3 is 20.5 Å². The average Bonchev–Trinajstić information content (AvgIpc) is 3.62. The molecular formula is C25H29N5O3. The molecule has 8 nitrogen and oxygen atoms in total. The number of carbonyl (C=O) groups excluding carboxylic acids is 1. The van der Waals surface area contributed by atoms with Gasteiger partial charge in [-0.2, -0.15) is 0 Å². The molecular weight excluding hydrogens is 418 g/mol. The number of pyridine rings is 3. The lowest BCUT2D eigenvalue weighted by Crippen LogP contribution is -2.39. The Labute approximate surface area is 192 Å². The summed E-state index contributed by atoms with van der Waals surface area (Å²) in [5.41, 5.74) is 7.84. The number of nitrogens with zero attached hydrogens (tertiary/aromatic N) is 3. The average molecular weight is 448 g/mol. The second-order valence-electron chi connectivity index (χ2n) is 9.82. The summed E-state index contributed by atoms with van der Waals surface area (Å²) in [6.45, 7) is 7.88. The highest BCUT2D eigenvalue weighted by Crippen LogP contribution is 2.46. The number of anilines is 2. The van der Waals surface area contributed by atoms with Crippen molar-refractivity contribution in [1.29, 1.82) is 0 Å². The van der Waals surface area contributed by atoms with E-state index in [9.17, 15) is 4.79 Å². The first kappa shape index (κ1) is 21.6. The van der Waals surface area contributed by atoms with E-state index in [1.807, 2.05) is 33.0 Å². The van der Waals surface area contributed by atoms with Gasteiger partial charge in [-0.05, 0) is 68.7 Å². The monoisotopic (exact) mass is 447 g/mol. The molecule has 1 aliphatic heterocycles. The van der Waals surface area contributed by atoms with Gasteiger partial charge in [-0.25, -0.2) is 19.7 Å². The Kier molecular flexibility index (Phi) is 4.83. The van der Waals surface area contributed by atoms with Gasteiger partial charge in [0.1, 0.15) is 17.2 Å². The van der Waals surface area contributed by atoms with E-state index in [-0.39, 0.29) is 11.9 Å². The third kappa shape index (κ3) is 3.58. The molecule has 0 radical (unpaired) electrons. The molecule has 3 aromatic rings. The van der Waals surface area contributed by atoms with Crippen LogP contribution in [0.1, 0.15) is 68.1 Å². The van der Waals surface area contributed by atoms with Crippen LogP contribution in [-0.4, -0.2) is 33.6 Å². The van der Waals surface area contributed by atoms with Crippen molar-refractivity contribution in [3.63, 3.8) is 0 Å². The highest BCUT2D eigenvalue weighted by molar-refractivity contribution is 5.93. The third-order valence-electron chi connectivity index (χ3n) is 7.14. The van der Waals surface area contributed by atoms with E-state index in [1.54, 1.807) is 25.4 Å². The van der Waals surface area contributed by atoms with Gasteiger partial charge in [0.15, 0.2) is 0 Å². The van der Waals surface area contributed by atoms with Crippen molar-refractivity contribution in [3.05, 3.63) is 47.4 Å². The molecule has 1 fully saturated rings. The molecule has 0 spiro atoms. The Bertz CT molecular complexity index is 1270. The third-order valence-corrected chi connectivity index (χ3v) is 7.14. The van der Waals surface area contributed by atoms with Crippen molar-refractivity contribution in [2.45, 2.75) is 57.6 Å². The predicted octanol–water partition coefficient (Wildman–Crippen LogP) is 4.41. The van der Waals surface area contributed by atoms with Crippen LogP contribution in [0.2, 0.25) is 0 Å². The van der Waals surface area contributed by atoms with E-state index < -0.39 is 11.1 Å². The lowest BCUT2D eigenvalue weighted by atomic mass is 9.84. The van der Waals surface area contributed by atoms with Crippen LogP contribution in [0.3, 0.4) is 0 Å². The normalized spacial score (nSPS) is 21.2. The summed E-state index contributed by atoms with van der Waals surface area (Å²) in [5, 5.41) is 5.06. The molecule has 4 heterocycles. The zero-order chi connectivity index (χ0) is 23.5. The molecule has 0 amide bonds. The number of nitrogens with one attached hydrogen (secondary N) is 1. The number of cyclic esters (lactones) is 1. The summed E-state index contributed by atoms with van der Waals surface area (Å²) in [7, 11) is 1.60. The topological polar surface area (TPSA) is 112 Å². The molecule has 3 aromatic heterocycles. The highest BCUT2D eigenvalue weighted by atomic mass is 16.6. The molecule has 5 rings (SSSR count). The summed E-state index contributed by atoms with van der Waals surface area (Å²) in [6.07, 6.45) is 5.80. The number of methoxy groups -OCH3 is 1. The molecule has 2 atom stereocenters. The fourth-order valence-corrected chi connectivity index (χ4v) is 4.56. The number of aromatic nitrogens is 3. The van der Waals surface area contributed by atoms with E-state index in [0.29, 0.717) is 29.0 Å². The number of nitrogens with two attached hydrogens (primary N) is 1. The van der Waals surface area contributed by atoms with Crippen molar-refractivity contribution >= 4 is 28.4 Å². The van der Waals surface area contributed by atoms with Crippen molar-refractivity contribution in [1.82, 2.24) is 15.0 Å². The standard InChI is InChI=1S/C25H29N5O3/c1-13-21-15(23(31)33-24(13,2)3)8-9-19(30-21)29-20-10-16-17(11-27-20)22(32-5)28-12-18(16)25(4,26)14-6-7-14/h8-14H,6-7,26H2,1-5H3,(H,27,29,30)/t13-,25-/m1/s1. The minimum Gasteiger partial charge on any atom is -0.481 e. The maximum Gasteiger partial charge on any atom is 0.340 e. The molecule has 1 saturated carbocycles. The zero-order valence-electron chi connectivity index (χ0n) is 19.6. The smallest absolute Gasteiger partial charge is 0.340 e. The summed E-state index contributed by atoms with van der Waals surface area (Å²) in [5.74, 6) is 1.80. The maximum atomic E-state index is 12.4. The maximum absolute atomic E-state index is 12.4. The first-order chi connectivity index (χ1) is 15.6. The largest absolute Gasteiger partial charge is 0.481 e. The lowest BCUT2D eigenvalue weighted by Gasteiger charge is -2.36. The van der Waals surface area contributed by atoms with Gasteiger partial charge in [0.2, 0.25) is 5.88 Å². The summed E-state index contributed by atoms with van der Waals surface area (Å²) >= 11 is 0. The molecule has 0 unspecified atom stereocenters. The summed E-state index contributed by atoms with van der Waals surface area (Å²) in [6, 6.07) is 5.48. The number of hydrogen-bond donors (Lipinski definition) is 2. The Morgan fingerprint density at radius 1 is 1.18 bits per heavy atom. The van der Waals surface area contributed by atoms with E-state index >= 15 is 0 Å². The second kappa shape index (κ2) is 7.38. The van der Waals surface area contributed by atoms with Crippen molar-refractivity contribution < 1.29 is 14.3 Å². The molecule has 2 aliphatic rings. The van der Waals surface area contributed by atoms with Gasteiger partial charge in [0.25, 0.3) is 0 Å². The Hall–Kier alpha value is -3.26. The first-order valence-electron chi connectivity index (χ1n) is 11.2. The number of rotatable bonds is 5. The first-order valence-corrected chi connectivity index (χ1v) is 11.2. The molecule has 0 saturated heterocycles. The van der Waals surface area contributed by atoms with Crippen LogP contribution in [0, 0.1) is 5.92 Å². The Morgan fingerprint density at radius 2 is 1.94 bits per heavy atom. The molecule has 33 heavy (non-hydrogen) atoms. The van der Waals surface area contributed by atoms with Crippen LogP contribution in [-0.2, 0) is 10.3 Å². The predicted molar refractivity (Wildman–Crippen MR) is 126 cm³/mol. The lowest BCUT2D eigenvalue weighted by molar-refractivity contribution is -0.0189. The molecule has 1 aliphatic carbocycles. The molecule has 0 bridgehead atoms. The van der Waals surface area contributed by atoms with Crippen molar-refractivity contribution in [2.24, 2.45) is 11.7 Å². The fourth-order valence-electron chi connectivity index (χ4n) is 4.56. The number of fused-ring (bicyclic) bond motifs is 2. The SMILES string of the molecule is COc1ncc([C@](C)(N)C2CC2)c2cc(Nc3ccc4c(n3)[C@@H](C)C(C)(C)OC4=O)ncc12. The number of ether oxygens (including phenoxy) is 2. The highest BCUT2D eigenvalue weighted by Gasteiger charge is 2.41. The van der Waals surface area contributed by atoms with Crippen molar-refractivity contribution in [3.8, 4) is 5.88 Å². The van der Waals surface area contributed by atoms with Crippen LogP contribution >= 0.6 is 0 Å². The minimum atomic E-state index is -0.621. The minimum absolute atomic E-state index is 0.0464. The van der Waals surface area contributed by atoms with Gasteiger partial charge in [-0.3, -0.25) is 0 Å².